The maximum atomic E-state index is 12.4. The van der Waals surface area contributed by atoms with Gasteiger partial charge in [0.2, 0.25) is 0 Å². The topological polar surface area (TPSA) is 50.2 Å². The van der Waals surface area contributed by atoms with Crippen molar-refractivity contribution < 1.29 is 4.79 Å². The second-order valence-electron chi connectivity index (χ2n) is 5.75. The normalized spacial score (nSPS) is 10.4. The fraction of sp³-hybridized carbons (Fsp3) is 0.158. The van der Waals surface area contributed by atoms with E-state index >= 15 is 0 Å². The predicted molar refractivity (Wildman–Crippen MR) is 95.5 cm³/mol. The molecule has 1 heterocycles. The van der Waals surface area contributed by atoms with Crippen LogP contribution in [0.1, 0.15) is 15.9 Å². The van der Waals surface area contributed by atoms with E-state index < -0.39 is 0 Å². The minimum absolute atomic E-state index is 0.0979. The van der Waals surface area contributed by atoms with Gasteiger partial charge >= 0.3 is 0 Å². The molecule has 5 nitrogen and oxygen atoms in total. The van der Waals surface area contributed by atoms with Crippen LogP contribution in [0.5, 0.6) is 0 Å². The van der Waals surface area contributed by atoms with Crippen molar-refractivity contribution in [3.05, 3.63) is 78.1 Å². The monoisotopic (exact) mass is 320 g/mol. The molecule has 0 aliphatic carbocycles. The molecule has 0 aliphatic rings. The number of rotatable bonds is 5. The van der Waals surface area contributed by atoms with Crippen molar-refractivity contribution >= 4 is 11.6 Å². The predicted octanol–water partition coefficient (Wildman–Crippen LogP) is 2.87. The lowest BCUT2D eigenvalue weighted by Gasteiger charge is -2.14. The van der Waals surface area contributed by atoms with Gasteiger partial charge in [-0.2, -0.15) is 5.10 Å². The van der Waals surface area contributed by atoms with Crippen LogP contribution in [0.4, 0.5) is 5.69 Å². The fourth-order valence-corrected chi connectivity index (χ4v) is 2.44. The quantitative estimate of drug-likeness (QED) is 0.786. The first-order chi connectivity index (χ1) is 11.6. The first-order valence-corrected chi connectivity index (χ1v) is 7.78. The maximum Gasteiger partial charge on any atom is 0.251 e. The van der Waals surface area contributed by atoms with Crippen LogP contribution < -0.4 is 10.2 Å². The number of amides is 1. The number of hydrogen-bond donors (Lipinski definition) is 1. The van der Waals surface area contributed by atoms with Gasteiger partial charge < -0.3 is 10.2 Å². The highest BCUT2D eigenvalue weighted by Crippen LogP contribution is 2.14. The van der Waals surface area contributed by atoms with Crippen LogP contribution in [0.2, 0.25) is 0 Å². The van der Waals surface area contributed by atoms with Gasteiger partial charge in [0.05, 0.1) is 5.69 Å². The SMILES string of the molecule is CN(C)c1cccc(CNC(=O)c2cccc(-n3cccn3)c2)c1. The Hall–Kier alpha value is -3.08. The van der Waals surface area contributed by atoms with Gasteiger partial charge in [-0.3, -0.25) is 4.79 Å². The van der Waals surface area contributed by atoms with Crippen LogP contribution in [-0.4, -0.2) is 29.8 Å². The third-order valence-corrected chi connectivity index (χ3v) is 3.76. The molecule has 0 saturated heterocycles. The highest BCUT2D eigenvalue weighted by Gasteiger charge is 2.07. The smallest absolute Gasteiger partial charge is 0.251 e. The van der Waals surface area contributed by atoms with Gasteiger partial charge in [-0.25, -0.2) is 4.68 Å². The van der Waals surface area contributed by atoms with E-state index in [0.29, 0.717) is 12.1 Å². The van der Waals surface area contributed by atoms with E-state index in [2.05, 4.69) is 16.5 Å². The highest BCUT2D eigenvalue weighted by molar-refractivity contribution is 5.94. The molecule has 1 amide bonds. The summed E-state index contributed by atoms with van der Waals surface area (Å²) in [6, 6.07) is 17.4. The van der Waals surface area contributed by atoms with Crippen molar-refractivity contribution in [3.8, 4) is 5.69 Å². The van der Waals surface area contributed by atoms with Crippen molar-refractivity contribution in [2.24, 2.45) is 0 Å². The molecule has 1 N–H and O–H groups in total. The molecule has 3 aromatic rings. The van der Waals surface area contributed by atoms with Crippen LogP contribution in [0, 0.1) is 0 Å². The number of carbonyl (C=O) groups excluding carboxylic acids is 1. The summed E-state index contributed by atoms with van der Waals surface area (Å²) in [5.41, 5.74) is 3.66. The molecule has 3 rings (SSSR count). The van der Waals surface area contributed by atoms with E-state index in [0.717, 1.165) is 16.9 Å². The Morgan fingerprint density at radius 3 is 2.71 bits per heavy atom. The second-order valence-corrected chi connectivity index (χ2v) is 5.75. The summed E-state index contributed by atoms with van der Waals surface area (Å²) in [4.78, 5) is 14.4. The molecule has 0 radical (unpaired) electrons. The van der Waals surface area contributed by atoms with Crippen molar-refractivity contribution in [2.45, 2.75) is 6.54 Å². The summed E-state index contributed by atoms with van der Waals surface area (Å²) in [6.07, 6.45) is 3.56. The Bertz CT molecular complexity index is 825. The van der Waals surface area contributed by atoms with E-state index in [1.165, 1.54) is 0 Å². The van der Waals surface area contributed by atoms with E-state index in [9.17, 15) is 4.79 Å². The van der Waals surface area contributed by atoms with E-state index in [4.69, 9.17) is 0 Å². The van der Waals surface area contributed by atoms with Crippen LogP contribution in [0.15, 0.2) is 67.0 Å². The number of hydrogen-bond acceptors (Lipinski definition) is 3. The molecule has 0 atom stereocenters. The van der Waals surface area contributed by atoms with Gasteiger partial charge in [0.15, 0.2) is 0 Å². The second kappa shape index (κ2) is 7.00. The molecular weight excluding hydrogens is 300 g/mol. The van der Waals surface area contributed by atoms with E-state index in [-0.39, 0.29) is 5.91 Å². The molecule has 0 unspecified atom stereocenters. The lowest BCUT2D eigenvalue weighted by molar-refractivity contribution is 0.0951. The largest absolute Gasteiger partial charge is 0.378 e. The molecule has 122 valence electrons. The lowest BCUT2D eigenvalue weighted by Crippen LogP contribution is -2.23. The molecule has 0 spiro atoms. The Balaban J connectivity index is 1.69. The first-order valence-electron chi connectivity index (χ1n) is 7.78. The zero-order valence-electron chi connectivity index (χ0n) is 13.8. The summed E-state index contributed by atoms with van der Waals surface area (Å²) >= 11 is 0. The average molecular weight is 320 g/mol. The van der Waals surface area contributed by atoms with Crippen molar-refractivity contribution in [3.63, 3.8) is 0 Å². The number of aromatic nitrogens is 2. The highest BCUT2D eigenvalue weighted by atomic mass is 16.1. The molecule has 0 fully saturated rings. The molecule has 2 aromatic carbocycles. The lowest BCUT2D eigenvalue weighted by atomic mass is 10.1. The van der Waals surface area contributed by atoms with Crippen molar-refractivity contribution in [2.75, 3.05) is 19.0 Å². The maximum absolute atomic E-state index is 12.4. The van der Waals surface area contributed by atoms with Gasteiger partial charge in [-0.05, 0) is 42.0 Å². The molecule has 0 aliphatic heterocycles. The minimum atomic E-state index is -0.0979. The van der Waals surface area contributed by atoms with Crippen molar-refractivity contribution in [1.29, 1.82) is 0 Å². The van der Waals surface area contributed by atoms with Gasteiger partial charge in [0.1, 0.15) is 0 Å². The Labute approximate surface area is 141 Å². The number of nitrogens with one attached hydrogen (secondary N) is 1. The Morgan fingerprint density at radius 2 is 1.96 bits per heavy atom. The first kappa shape index (κ1) is 15.8. The molecule has 0 bridgehead atoms. The summed E-state index contributed by atoms with van der Waals surface area (Å²) in [6.45, 7) is 0.493. The van der Waals surface area contributed by atoms with Gasteiger partial charge in [-0.15, -0.1) is 0 Å². The van der Waals surface area contributed by atoms with Crippen LogP contribution in [0.3, 0.4) is 0 Å². The summed E-state index contributed by atoms with van der Waals surface area (Å²) in [5, 5.41) is 7.15. The number of nitrogens with zero attached hydrogens (tertiary/aromatic N) is 3. The van der Waals surface area contributed by atoms with Gasteiger partial charge in [0, 0.05) is 44.3 Å². The van der Waals surface area contributed by atoms with Crippen LogP contribution in [0.25, 0.3) is 5.69 Å². The van der Waals surface area contributed by atoms with Crippen molar-refractivity contribution in [1.82, 2.24) is 15.1 Å². The molecule has 0 saturated carbocycles. The fourth-order valence-electron chi connectivity index (χ4n) is 2.44. The Morgan fingerprint density at radius 1 is 1.12 bits per heavy atom. The Kier molecular flexibility index (Phi) is 4.61. The standard InChI is InChI=1S/C19H20N4O/c1-22(2)17-8-3-6-15(12-17)14-20-19(24)16-7-4-9-18(13-16)23-11-5-10-21-23/h3-13H,14H2,1-2H3,(H,20,24). The molecule has 5 heteroatoms. The molecular formula is C19H20N4O. The van der Waals surface area contributed by atoms with Gasteiger partial charge in [0.25, 0.3) is 5.91 Å². The average Bonchev–Trinajstić information content (AvgIpc) is 3.15. The third kappa shape index (κ3) is 3.63. The summed E-state index contributed by atoms with van der Waals surface area (Å²) in [5.74, 6) is -0.0979. The summed E-state index contributed by atoms with van der Waals surface area (Å²) < 4.78 is 1.73. The molecule has 1 aromatic heterocycles. The van der Waals surface area contributed by atoms with Crippen LogP contribution >= 0.6 is 0 Å². The third-order valence-electron chi connectivity index (χ3n) is 3.76. The molecule has 24 heavy (non-hydrogen) atoms. The number of anilines is 1. The van der Waals surface area contributed by atoms with Crippen LogP contribution in [-0.2, 0) is 6.54 Å². The minimum Gasteiger partial charge on any atom is -0.378 e. The number of carbonyl (C=O) groups is 1. The zero-order chi connectivity index (χ0) is 16.9. The van der Waals surface area contributed by atoms with E-state index in [1.807, 2.05) is 67.7 Å². The number of benzene rings is 2. The zero-order valence-corrected chi connectivity index (χ0v) is 13.8. The van der Waals surface area contributed by atoms with Gasteiger partial charge in [-0.1, -0.05) is 18.2 Å². The summed E-state index contributed by atoms with van der Waals surface area (Å²) in [7, 11) is 4.00. The van der Waals surface area contributed by atoms with E-state index in [1.54, 1.807) is 16.9 Å².